The topological polar surface area (TPSA) is 109 Å². The third-order valence-corrected chi connectivity index (χ3v) is 3.55. The smallest absolute Gasteiger partial charge is 0.340 e. The summed E-state index contributed by atoms with van der Waals surface area (Å²) >= 11 is 0. The van der Waals surface area contributed by atoms with Crippen molar-refractivity contribution in [3.05, 3.63) is 59.2 Å². The second kappa shape index (κ2) is 9.06. The van der Waals surface area contributed by atoms with E-state index >= 15 is 0 Å². The molecular formula is C20H18N2O5. The number of hydrogen-bond donors (Lipinski definition) is 2. The molecule has 27 heavy (non-hydrogen) atoms. The summed E-state index contributed by atoms with van der Waals surface area (Å²) in [6, 6.07) is 12.6. The molecule has 0 aliphatic heterocycles. The summed E-state index contributed by atoms with van der Waals surface area (Å²) in [5, 5.41) is 21.5. The molecule has 2 rings (SSSR count). The van der Waals surface area contributed by atoms with Crippen LogP contribution in [-0.4, -0.2) is 30.7 Å². The van der Waals surface area contributed by atoms with E-state index < -0.39 is 11.9 Å². The lowest BCUT2D eigenvalue weighted by atomic mass is 10.1. The van der Waals surface area contributed by atoms with E-state index in [1.54, 1.807) is 25.1 Å². The number of aromatic hydroxyl groups is 1. The molecule has 138 valence electrons. The number of benzene rings is 2. The van der Waals surface area contributed by atoms with Crippen molar-refractivity contribution in [1.29, 1.82) is 5.26 Å². The Balaban J connectivity index is 2.29. The van der Waals surface area contributed by atoms with Crippen LogP contribution in [0.3, 0.4) is 0 Å². The Labute approximate surface area is 156 Å². The van der Waals surface area contributed by atoms with Crippen molar-refractivity contribution in [2.45, 2.75) is 6.92 Å². The van der Waals surface area contributed by atoms with E-state index in [9.17, 15) is 20.0 Å². The van der Waals surface area contributed by atoms with Crippen LogP contribution < -0.4 is 10.1 Å². The first-order chi connectivity index (χ1) is 13.0. The van der Waals surface area contributed by atoms with Gasteiger partial charge in [0.25, 0.3) is 5.91 Å². The Morgan fingerprint density at radius 3 is 2.67 bits per heavy atom. The SMILES string of the molecule is CCOC(=O)c1ccccc1NC(=O)/C(C#N)=C/c1ccc(O)c(OC)c1. The summed E-state index contributed by atoms with van der Waals surface area (Å²) in [4.78, 5) is 24.5. The minimum absolute atomic E-state index is 0.0547. The Hall–Kier alpha value is -3.79. The number of esters is 1. The van der Waals surface area contributed by atoms with Crippen molar-refractivity contribution in [3.8, 4) is 17.6 Å². The normalized spacial score (nSPS) is 10.6. The van der Waals surface area contributed by atoms with E-state index in [0.717, 1.165) is 0 Å². The number of methoxy groups -OCH3 is 1. The van der Waals surface area contributed by atoms with Gasteiger partial charge in [0.15, 0.2) is 11.5 Å². The second-order valence-corrected chi connectivity index (χ2v) is 5.32. The molecule has 0 radical (unpaired) electrons. The molecule has 0 aromatic heterocycles. The molecule has 0 heterocycles. The van der Waals surface area contributed by atoms with Crippen molar-refractivity contribution in [2.24, 2.45) is 0 Å². The van der Waals surface area contributed by atoms with E-state index in [4.69, 9.17) is 9.47 Å². The first-order valence-corrected chi connectivity index (χ1v) is 8.06. The molecule has 0 aliphatic rings. The van der Waals surface area contributed by atoms with Crippen LogP contribution in [0.1, 0.15) is 22.8 Å². The highest BCUT2D eigenvalue weighted by Crippen LogP contribution is 2.27. The average Bonchev–Trinajstić information content (AvgIpc) is 2.67. The number of phenolic OH excluding ortho intramolecular Hbond substituents is 1. The van der Waals surface area contributed by atoms with Crippen LogP contribution >= 0.6 is 0 Å². The van der Waals surface area contributed by atoms with Crippen molar-refractivity contribution in [2.75, 3.05) is 19.0 Å². The maximum atomic E-state index is 12.5. The van der Waals surface area contributed by atoms with Crippen molar-refractivity contribution in [3.63, 3.8) is 0 Å². The van der Waals surface area contributed by atoms with E-state index in [1.165, 1.54) is 37.5 Å². The highest BCUT2D eigenvalue weighted by molar-refractivity contribution is 6.12. The van der Waals surface area contributed by atoms with E-state index in [1.807, 2.05) is 6.07 Å². The van der Waals surface area contributed by atoms with Gasteiger partial charge in [0, 0.05) is 0 Å². The second-order valence-electron chi connectivity index (χ2n) is 5.32. The maximum absolute atomic E-state index is 12.5. The monoisotopic (exact) mass is 366 g/mol. The minimum Gasteiger partial charge on any atom is -0.504 e. The van der Waals surface area contributed by atoms with Crippen LogP contribution in [0.25, 0.3) is 6.08 Å². The Bertz CT molecular complexity index is 928. The molecular weight excluding hydrogens is 348 g/mol. The van der Waals surface area contributed by atoms with Gasteiger partial charge < -0.3 is 19.9 Å². The summed E-state index contributed by atoms with van der Waals surface area (Å²) in [5.41, 5.74) is 0.748. The highest BCUT2D eigenvalue weighted by atomic mass is 16.5. The first kappa shape index (κ1) is 19.5. The van der Waals surface area contributed by atoms with Crippen LogP contribution in [0.2, 0.25) is 0 Å². The van der Waals surface area contributed by atoms with E-state index in [0.29, 0.717) is 5.56 Å². The zero-order valence-corrected chi connectivity index (χ0v) is 14.9. The summed E-state index contributed by atoms with van der Waals surface area (Å²) in [6.07, 6.45) is 1.35. The molecule has 2 aromatic rings. The highest BCUT2D eigenvalue weighted by Gasteiger charge is 2.16. The van der Waals surface area contributed by atoms with Crippen LogP contribution in [-0.2, 0) is 9.53 Å². The first-order valence-electron chi connectivity index (χ1n) is 8.06. The average molecular weight is 366 g/mol. The number of amides is 1. The van der Waals surface area contributed by atoms with Gasteiger partial charge >= 0.3 is 5.97 Å². The zero-order chi connectivity index (χ0) is 19.8. The molecule has 0 saturated carbocycles. The van der Waals surface area contributed by atoms with Gasteiger partial charge in [-0.3, -0.25) is 4.79 Å². The number of phenols is 1. The molecule has 0 atom stereocenters. The molecule has 0 fully saturated rings. The number of nitrogens with zero attached hydrogens (tertiary/aromatic N) is 1. The van der Waals surface area contributed by atoms with Gasteiger partial charge in [0.2, 0.25) is 0 Å². The lowest BCUT2D eigenvalue weighted by Crippen LogP contribution is -2.17. The molecule has 2 N–H and O–H groups in total. The number of hydrogen-bond acceptors (Lipinski definition) is 6. The summed E-state index contributed by atoms with van der Waals surface area (Å²) in [7, 11) is 1.40. The Kier molecular flexibility index (Phi) is 6.55. The van der Waals surface area contributed by atoms with Crippen molar-refractivity contribution >= 4 is 23.6 Å². The third kappa shape index (κ3) is 4.86. The van der Waals surface area contributed by atoms with E-state index in [2.05, 4.69) is 5.32 Å². The number of ether oxygens (including phenoxy) is 2. The van der Waals surface area contributed by atoms with Gasteiger partial charge in [-0.15, -0.1) is 0 Å². The van der Waals surface area contributed by atoms with Gasteiger partial charge in [-0.05, 0) is 42.8 Å². The summed E-state index contributed by atoms with van der Waals surface area (Å²) < 4.78 is 9.97. The largest absolute Gasteiger partial charge is 0.504 e. The summed E-state index contributed by atoms with van der Waals surface area (Å²) in [5.74, 6) is -1.09. The zero-order valence-electron chi connectivity index (χ0n) is 14.9. The van der Waals surface area contributed by atoms with Crippen LogP contribution in [0, 0.1) is 11.3 Å². The van der Waals surface area contributed by atoms with E-state index in [-0.39, 0.29) is 34.9 Å². The maximum Gasteiger partial charge on any atom is 0.340 e. The molecule has 0 saturated heterocycles. The molecule has 1 amide bonds. The fourth-order valence-electron chi connectivity index (χ4n) is 2.27. The van der Waals surface area contributed by atoms with Crippen LogP contribution in [0.4, 0.5) is 5.69 Å². The Morgan fingerprint density at radius 2 is 2.00 bits per heavy atom. The molecule has 0 unspecified atom stereocenters. The van der Waals surface area contributed by atoms with Crippen LogP contribution in [0.15, 0.2) is 48.0 Å². The molecule has 0 aliphatic carbocycles. The lowest BCUT2D eigenvalue weighted by molar-refractivity contribution is -0.112. The molecule has 0 spiro atoms. The van der Waals surface area contributed by atoms with Gasteiger partial charge in [-0.1, -0.05) is 18.2 Å². The van der Waals surface area contributed by atoms with Gasteiger partial charge in [0.1, 0.15) is 11.6 Å². The molecule has 0 bridgehead atoms. The number of anilines is 1. The van der Waals surface area contributed by atoms with Crippen molar-refractivity contribution < 1.29 is 24.2 Å². The molecule has 2 aromatic carbocycles. The number of carbonyl (C=O) groups excluding carboxylic acids is 2. The predicted molar refractivity (Wildman–Crippen MR) is 99.3 cm³/mol. The standard InChI is InChI=1S/C20H18N2O5/c1-3-27-20(25)15-6-4-5-7-16(15)22-19(24)14(12-21)10-13-8-9-17(23)18(11-13)26-2/h4-11,23H,3H2,1-2H3,(H,22,24)/b14-10+. The molecule has 7 heteroatoms. The quantitative estimate of drug-likeness (QED) is 0.462. The fourth-order valence-corrected chi connectivity index (χ4v) is 2.27. The minimum atomic E-state index is -0.679. The number of carbonyl (C=O) groups is 2. The van der Waals surface area contributed by atoms with Crippen LogP contribution in [0.5, 0.6) is 11.5 Å². The number of rotatable bonds is 6. The number of para-hydroxylation sites is 1. The summed E-state index contributed by atoms with van der Waals surface area (Å²) in [6.45, 7) is 1.88. The third-order valence-electron chi connectivity index (χ3n) is 3.55. The predicted octanol–water partition coefficient (Wildman–Crippen LogP) is 3.12. The number of nitriles is 1. The Morgan fingerprint density at radius 1 is 1.26 bits per heavy atom. The fraction of sp³-hybridized carbons (Fsp3) is 0.150. The van der Waals surface area contributed by atoms with Gasteiger partial charge in [-0.2, -0.15) is 5.26 Å². The van der Waals surface area contributed by atoms with Crippen molar-refractivity contribution in [1.82, 2.24) is 0 Å². The van der Waals surface area contributed by atoms with Gasteiger partial charge in [0.05, 0.1) is 25.0 Å². The molecule has 7 nitrogen and oxygen atoms in total. The van der Waals surface area contributed by atoms with Gasteiger partial charge in [-0.25, -0.2) is 4.79 Å². The number of nitrogens with one attached hydrogen (secondary N) is 1. The lowest BCUT2D eigenvalue weighted by Gasteiger charge is -2.10.